The molecule has 0 amide bonds. The van der Waals surface area contributed by atoms with E-state index >= 15 is 0 Å². The molecular weight excluding hydrogens is 226 g/mol. The maximum Gasteiger partial charge on any atom is 0.0675 e. The van der Waals surface area contributed by atoms with Crippen molar-refractivity contribution in [3.05, 3.63) is 18.0 Å². The summed E-state index contributed by atoms with van der Waals surface area (Å²) in [7, 11) is 0. The zero-order valence-corrected chi connectivity index (χ0v) is 12.0. The highest BCUT2D eigenvalue weighted by Crippen LogP contribution is 2.24. The van der Waals surface area contributed by atoms with E-state index in [-0.39, 0.29) is 5.54 Å². The predicted octanol–water partition coefficient (Wildman–Crippen LogP) is 2.29. The number of aromatic nitrogens is 2. The number of rotatable bonds is 4. The number of hydrogen-bond acceptors (Lipinski definition) is 3. The SMILES string of the molecule is CCCn1cc(CN2C[C@H](C)OCC2(C)C)cn1. The van der Waals surface area contributed by atoms with Crippen molar-refractivity contribution in [2.24, 2.45) is 0 Å². The highest BCUT2D eigenvalue weighted by molar-refractivity contribution is 5.05. The van der Waals surface area contributed by atoms with Crippen molar-refractivity contribution in [1.29, 1.82) is 0 Å². The Morgan fingerprint density at radius 1 is 1.50 bits per heavy atom. The summed E-state index contributed by atoms with van der Waals surface area (Å²) >= 11 is 0. The molecule has 1 aromatic rings. The van der Waals surface area contributed by atoms with Gasteiger partial charge in [0.05, 0.1) is 18.9 Å². The number of ether oxygens (including phenoxy) is 1. The first-order valence-corrected chi connectivity index (χ1v) is 6.89. The summed E-state index contributed by atoms with van der Waals surface area (Å²) in [5.41, 5.74) is 1.41. The largest absolute Gasteiger partial charge is 0.375 e. The van der Waals surface area contributed by atoms with E-state index in [0.29, 0.717) is 6.10 Å². The number of morpholine rings is 1. The third-order valence-electron chi connectivity index (χ3n) is 3.57. The molecule has 1 saturated heterocycles. The Bertz CT molecular complexity index is 386. The van der Waals surface area contributed by atoms with Crippen LogP contribution in [0.4, 0.5) is 0 Å². The highest BCUT2D eigenvalue weighted by atomic mass is 16.5. The molecule has 0 aromatic carbocycles. The molecule has 0 bridgehead atoms. The van der Waals surface area contributed by atoms with Crippen LogP contribution < -0.4 is 0 Å². The van der Waals surface area contributed by atoms with Gasteiger partial charge in [-0.15, -0.1) is 0 Å². The summed E-state index contributed by atoms with van der Waals surface area (Å²) in [6.45, 7) is 12.6. The van der Waals surface area contributed by atoms with Crippen molar-refractivity contribution in [2.45, 2.75) is 58.8 Å². The molecule has 0 aliphatic carbocycles. The molecule has 4 nitrogen and oxygen atoms in total. The number of nitrogens with zero attached hydrogens (tertiary/aromatic N) is 3. The van der Waals surface area contributed by atoms with Crippen LogP contribution in [0.5, 0.6) is 0 Å². The topological polar surface area (TPSA) is 30.3 Å². The molecule has 0 radical (unpaired) electrons. The third-order valence-corrected chi connectivity index (χ3v) is 3.57. The third kappa shape index (κ3) is 3.12. The molecule has 102 valence electrons. The van der Waals surface area contributed by atoms with Gasteiger partial charge in [-0.25, -0.2) is 0 Å². The van der Waals surface area contributed by atoms with Crippen LogP contribution in [0.1, 0.15) is 39.7 Å². The van der Waals surface area contributed by atoms with E-state index in [9.17, 15) is 0 Å². The second-order valence-corrected chi connectivity index (χ2v) is 5.93. The standard InChI is InChI=1S/C14H25N3O/c1-5-6-17-10-13(7-15-17)9-16-8-12(2)18-11-14(16,3)4/h7,10,12H,5-6,8-9,11H2,1-4H3/t12-/m0/s1. The van der Waals surface area contributed by atoms with E-state index in [0.717, 1.165) is 32.7 Å². The van der Waals surface area contributed by atoms with Crippen LogP contribution in [0.3, 0.4) is 0 Å². The molecule has 1 fully saturated rings. The second kappa shape index (κ2) is 5.41. The van der Waals surface area contributed by atoms with Crippen molar-refractivity contribution < 1.29 is 4.74 Å². The molecule has 1 aliphatic rings. The first-order chi connectivity index (χ1) is 8.51. The van der Waals surface area contributed by atoms with Crippen molar-refractivity contribution in [2.75, 3.05) is 13.2 Å². The Morgan fingerprint density at radius 3 is 3.00 bits per heavy atom. The molecule has 1 aromatic heterocycles. The van der Waals surface area contributed by atoms with Gasteiger partial charge in [-0.1, -0.05) is 6.92 Å². The fourth-order valence-corrected chi connectivity index (χ4v) is 2.39. The summed E-state index contributed by atoms with van der Waals surface area (Å²) in [5.74, 6) is 0. The lowest BCUT2D eigenvalue weighted by Gasteiger charge is -2.44. The van der Waals surface area contributed by atoms with Crippen molar-refractivity contribution in [3.63, 3.8) is 0 Å². The van der Waals surface area contributed by atoms with Crippen LogP contribution in [0.25, 0.3) is 0 Å². The lowest BCUT2D eigenvalue weighted by Crippen LogP contribution is -2.54. The quantitative estimate of drug-likeness (QED) is 0.822. The average Bonchev–Trinajstić information content (AvgIpc) is 2.72. The normalized spacial score (nSPS) is 24.3. The molecule has 0 saturated carbocycles. The van der Waals surface area contributed by atoms with Gasteiger partial charge in [0.15, 0.2) is 0 Å². The summed E-state index contributed by atoms with van der Waals surface area (Å²) in [4.78, 5) is 2.49. The van der Waals surface area contributed by atoms with E-state index in [4.69, 9.17) is 4.74 Å². The Hall–Kier alpha value is -0.870. The first kappa shape index (κ1) is 13.6. The molecule has 4 heteroatoms. The molecule has 2 heterocycles. The van der Waals surface area contributed by atoms with Crippen LogP contribution in [0, 0.1) is 0 Å². The van der Waals surface area contributed by atoms with Crippen molar-refractivity contribution in [1.82, 2.24) is 14.7 Å². The first-order valence-electron chi connectivity index (χ1n) is 6.89. The molecular formula is C14H25N3O. The average molecular weight is 251 g/mol. The molecule has 1 atom stereocenters. The van der Waals surface area contributed by atoms with Crippen molar-refractivity contribution >= 4 is 0 Å². The minimum Gasteiger partial charge on any atom is -0.375 e. The Morgan fingerprint density at radius 2 is 2.28 bits per heavy atom. The fraction of sp³-hybridized carbons (Fsp3) is 0.786. The zero-order valence-electron chi connectivity index (χ0n) is 12.0. The highest BCUT2D eigenvalue weighted by Gasteiger charge is 2.33. The zero-order chi connectivity index (χ0) is 13.2. The second-order valence-electron chi connectivity index (χ2n) is 5.93. The smallest absolute Gasteiger partial charge is 0.0675 e. The van der Waals surface area contributed by atoms with Gasteiger partial charge in [-0.2, -0.15) is 5.10 Å². The molecule has 18 heavy (non-hydrogen) atoms. The molecule has 0 N–H and O–H groups in total. The predicted molar refractivity (Wildman–Crippen MR) is 72.4 cm³/mol. The molecule has 1 aliphatic heterocycles. The molecule has 0 spiro atoms. The lowest BCUT2D eigenvalue weighted by molar-refractivity contribution is -0.0949. The van der Waals surface area contributed by atoms with E-state index in [1.54, 1.807) is 0 Å². The lowest BCUT2D eigenvalue weighted by atomic mass is 10.0. The Balaban J connectivity index is 2.01. The molecule has 0 unspecified atom stereocenters. The molecule has 2 rings (SSSR count). The van der Waals surface area contributed by atoms with Gasteiger partial charge in [0.2, 0.25) is 0 Å². The van der Waals surface area contributed by atoms with Crippen LogP contribution in [-0.4, -0.2) is 39.5 Å². The van der Waals surface area contributed by atoms with Crippen molar-refractivity contribution in [3.8, 4) is 0 Å². The van der Waals surface area contributed by atoms with Gasteiger partial charge in [0, 0.05) is 36.9 Å². The van der Waals surface area contributed by atoms with Gasteiger partial charge >= 0.3 is 0 Å². The van der Waals surface area contributed by atoms with Gasteiger partial charge in [-0.05, 0) is 27.2 Å². The van der Waals surface area contributed by atoms with Crippen LogP contribution >= 0.6 is 0 Å². The Labute approximate surface area is 110 Å². The minimum atomic E-state index is 0.110. The van der Waals surface area contributed by atoms with Crippen LogP contribution in [-0.2, 0) is 17.8 Å². The summed E-state index contributed by atoms with van der Waals surface area (Å²) in [6.07, 6.45) is 5.61. The number of aryl methyl sites for hydroxylation is 1. The van der Waals surface area contributed by atoms with Gasteiger partial charge in [0.25, 0.3) is 0 Å². The van der Waals surface area contributed by atoms with Gasteiger partial charge in [0.1, 0.15) is 0 Å². The van der Waals surface area contributed by atoms with E-state index in [1.165, 1.54) is 5.56 Å². The maximum absolute atomic E-state index is 5.74. The number of hydrogen-bond donors (Lipinski definition) is 0. The Kier molecular flexibility index (Phi) is 4.07. The van der Waals surface area contributed by atoms with E-state index < -0.39 is 0 Å². The summed E-state index contributed by atoms with van der Waals surface area (Å²) < 4.78 is 7.78. The minimum absolute atomic E-state index is 0.110. The van der Waals surface area contributed by atoms with Gasteiger partial charge < -0.3 is 4.74 Å². The maximum atomic E-state index is 5.74. The summed E-state index contributed by atoms with van der Waals surface area (Å²) in [6, 6.07) is 0. The van der Waals surface area contributed by atoms with Crippen LogP contribution in [0.2, 0.25) is 0 Å². The monoisotopic (exact) mass is 251 g/mol. The summed E-state index contributed by atoms with van der Waals surface area (Å²) in [5, 5.41) is 4.40. The van der Waals surface area contributed by atoms with Crippen LogP contribution in [0.15, 0.2) is 12.4 Å². The van der Waals surface area contributed by atoms with E-state index in [1.807, 2.05) is 10.9 Å². The fourth-order valence-electron chi connectivity index (χ4n) is 2.39. The van der Waals surface area contributed by atoms with E-state index in [2.05, 4.69) is 43.9 Å². The van der Waals surface area contributed by atoms with Gasteiger partial charge in [-0.3, -0.25) is 9.58 Å².